The number of carboxylic acid groups (broad SMARTS) is 1. The summed E-state index contributed by atoms with van der Waals surface area (Å²) in [6.07, 6.45) is 4.13. The average Bonchev–Trinajstić information content (AvgIpc) is 2.37. The minimum absolute atomic E-state index is 0.600. The zero-order valence-corrected chi connectivity index (χ0v) is 10.8. The van der Waals surface area contributed by atoms with Gasteiger partial charge in [0, 0.05) is 5.56 Å². The first-order valence-electron chi connectivity index (χ1n) is 6.24. The number of aryl methyl sites for hydroxylation is 1. The fraction of sp³-hybridized carbons (Fsp3) is 0.500. The summed E-state index contributed by atoms with van der Waals surface area (Å²) >= 11 is 0. The molecular weight excluding hydrogens is 230 g/mol. The van der Waals surface area contributed by atoms with Gasteiger partial charge in [-0.15, -0.1) is 0 Å². The van der Waals surface area contributed by atoms with Crippen LogP contribution in [0.15, 0.2) is 6.07 Å². The van der Waals surface area contributed by atoms with Crippen molar-refractivity contribution in [2.45, 2.75) is 38.6 Å². The summed E-state index contributed by atoms with van der Waals surface area (Å²) in [5.41, 5.74) is 9.98. The molecule has 1 aromatic carbocycles. The van der Waals surface area contributed by atoms with Gasteiger partial charge in [0.2, 0.25) is 0 Å². The predicted octanol–water partition coefficient (Wildman–Crippen LogP) is 1.97. The second-order valence-corrected chi connectivity index (χ2v) is 4.79. The van der Waals surface area contributed by atoms with Gasteiger partial charge in [-0.25, -0.2) is 0 Å². The normalized spacial score (nSPS) is 15.9. The Bertz CT molecular complexity index is 482. The number of fused-ring (bicyclic) bond motifs is 1. The van der Waals surface area contributed by atoms with Crippen LogP contribution >= 0.6 is 0 Å². The fourth-order valence-electron chi connectivity index (χ4n) is 2.78. The Morgan fingerprint density at radius 2 is 2.00 bits per heavy atom. The molecule has 4 nitrogen and oxygen atoms in total. The maximum Gasteiger partial charge on any atom is 0.325 e. The van der Waals surface area contributed by atoms with Gasteiger partial charge in [-0.3, -0.25) is 4.79 Å². The van der Waals surface area contributed by atoms with Gasteiger partial charge < -0.3 is 15.6 Å². The molecule has 4 heteroatoms. The third kappa shape index (κ3) is 2.08. The van der Waals surface area contributed by atoms with E-state index in [-0.39, 0.29) is 0 Å². The Kier molecular flexibility index (Phi) is 3.57. The van der Waals surface area contributed by atoms with Gasteiger partial charge in [0.25, 0.3) is 0 Å². The standard InChI is InChI=1S/C14H19NO3/c1-8-7-11(18-2)12(13(15)14(16)17)10-6-4-3-5-9(8)10/h7,13H,3-6,15H2,1-2H3,(H,16,17). The molecule has 0 saturated carbocycles. The lowest BCUT2D eigenvalue weighted by atomic mass is 9.83. The number of carboxylic acids is 1. The molecule has 2 rings (SSSR count). The molecular formula is C14H19NO3. The van der Waals surface area contributed by atoms with Crippen LogP contribution in [0.1, 0.15) is 41.1 Å². The van der Waals surface area contributed by atoms with Gasteiger partial charge in [0.05, 0.1) is 7.11 Å². The lowest BCUT2D eigenvalue weighted by Gasteiger charge is -2.25. The molecule has 1 unspecified atom stereocenters. The van der Waals surface area contributed by atoms with Crippen LogP contribution in [0.25, 0.3) is 0 Å². The van der Waals surface area contributed by atoms with Gasteiger partial charge in [-0.05, 0) is 55.4 Å². The summed E-state index contributed by atoms with van der Waals surface area (Å²) in [6.45, 7) is 2.04. The van der Waals surface area contributed by atoms with E-state index in [9.17, 15) is 4.79 Å². The molecule has 0 bridgehead atoms. The molecule has 3 N–H and O–H groups in total. The van der Waals surface area contributed by atoms with Crippen LogP contribution in [0.2, 0.25) is 0 Å². The quantitative estimate of drug-likeness (QED) is 0.859. The Balaban J connectivity index is 2.64. The number of ether oxygens (including phenoxy) is 1. The number of hydrogen-bond acceptors (Lipinski definition) is 3. The summed E-state index contributed by atoms with van der Waals surface area (Å²) in [7, 11) is 1.56. The Morgan fingerprint density at radius 1 is 1.39 bits per heavy atom. The fourth-order valence-corrected chi connectivity index (χ4v) is 2.78. The molecule has 0 spiro atoms. The number of carbonyl (C=O) groups is 1. The minimum atomic E-state index is -1.01. The third-order valence-corrected chi connectivity index (χ3v) is 3.68. The predicted molar refractivity (Wildman–Crippen MR) is 68.9 cm³/mol. The van der Waals surface area contributed by atoms with E-state index in [1.165, 1.54) is 11.1 Å². The zero-order valence-electron chi connectivity index (χ0n) is 10.8. The monoisotopic (exact) mass is 249 g/mol. The largest absolute Gasteiger partial charge is 0.496 e. The van der Waals surface area contributed by atoms with Crippen LogP contribution in [0, 0.1) is 6.92 Å². The summed E-state index contributed by atoms with van der Waals surface area (Å²) in [5.74, 6) is -0.409. The highest BCUT2D eigenvalue weighted by Crippen LogP contribution is 2.36. The van der Waals surface area contributed by atoms with Crippen LogP contribution in [0.3, 0.4) is 0 Å². The van der Waals surface area contributed by atoms with E-state index in [0.717, 1.165) is 31.2 Å². The van der Waals surface area contributed by atoms with Crippen molar-refractivity contribution in [2.24, 2.45) is 5.73 Å². The number of nitrogens with two attached hydrogens (primary N) is 1. The number of hydrogen-bond donors (Lipinski definition) is 2. The molecule has 0 radical (unpaired) electrons. The second kappa shape index (κ2) is 4.98. The Morgan fingerprint density at radius 3 is 2.56 bits per heavy atom. The van der Waals surface area contributed by atoms with E-state index >= 15 is 0 Å². The molecule has 0 aliphatic heterocycles. The SMILES string of the molecule is COc1cc(C)c2c(c1C(N)C(=O)O)CCCC2. The van der Waals surface area contributed by atoms with E-state index in [1.54, 1.807) is 7.11 Å². The summed E-state index contributed by atoms with van der Waals surface area (Å²) in [5, 5.41) is 9.15. The topological polar surface area (TPSA) is 72.5 Å². The first kappa shape index (κ1) is 12.9. The first-order chi connectivity index (χ1) is 8.56. The van der Waals surface area contributed by atoms with Crippen molar-refractivity contribution in [1.29, 1.82) is 0 Å². The van der Waals surface area contributed by atoms with Crippen LogP contribution in [0.4, 0.5) is 0 Å². The summed E-state index contributed by atoms with van der Waals surface area (Å²) in [4.78, 5) is 11.2. The molecule has 18 heavy (non-hydrogen) atoms. The van der Waals surface area contributed by atoms with E-state index in [0.29, 0.717) is 11.3 Å². The van der Waals surface area contributed by atoms with Crippen molar-refractivity contribution in [1.82, 2.24) is 0 Å². The van der Waals surface area contributed by atoms with Gasteiger partial charge in [0.15, 0.2) is 0 Å². The smallest absolute Gasteiger partial charge is 0.325 e. The van der Waals surface area contributed by atoms with Crippen LogP contribution in [0.5, 0.6) is 5.75 Å². The molecule has 98 valence electrons. The number of benzene rings is 1. The molecule has 1 aliphatic rings. The number of rotatable bonds is 3. The summed E-state index contributed by atoms with van der Waals surface area (Å²) in [6, 6.07) is 0.898. The molecule has 1 atom stereocenters. The van der Waals surface area contributed by atoms with Crippen LogP contribution < -0.4 is 10.5 Å². The van der Waals surface area contributed by atoms with E-state index in [4.69, 9.17) is 15.6 Å². The van der Waals surface area contributed by atoms with Crippen molar-refractivity contribution < 1.29 is 14.6 Å². The first-order valence-corrected chi connectivity index (χ1v) is 6.24. The van der Waals surface area contributed by atoms with E-state index in [1.807, 2.05) is 13.0 Å². The highest BCUT2D eigenvalue weighted by atomic mass is 16.5. The van der Waals surface area contributed by atoms with Crippen molar-refractivity contribution in [3.05, 3.63) is 28.3 Å². The third-order valence-electron chi connectivity index (χ3n) is 3.68. The van der Waals surface area contributed by atoms with Crippen LogP contribution in [-0.4, -0.2) is 18.2 Å². The molecule has 0 saturated heterocycles. The Hall–Kier alpha value is -1.55. The molecule has 1 aromatic rings. The minimum Gasteiger partial charge on any atom is -0.496 e. The lowest BCUT2D eigenvalue weighted by molar-refractivity contribution is -0.138. The Labute approximate surface area is 107 Å². The number of aliphatic carboxylic acids is 1. The second-order valence-electron chi connectivity index (χ2n) is 4.79. The van der Waals surface area contributed by atoms with Gasteiger partial charge in [0.1, 0.15) is 11.8 Å². The highest BCUT2D eigenvalue weighted by molar-refractivity contribution is 5.77. The lowest BCUT2D eigenvalue weighted by Crippen LogP contribution is -2.24. The molecule has 0 heterocycles. The molecule has 0 aromatic heterocycles. The summed E-state index contributed by atoms with van der Waals surface area (Å²) < 4.78 is 5.32. The van der Waals surface area contributed by atoms with Crippen LogP contribution in [-0.2, 0) is 17.6 Å². The maximum absolute atomic E-state index is 11.2. The van der Waals surface area contributed by atoms with E-state index in [2.05, 4.69) is 0 Å². The van der Waals surface area contributed by atoms with Crippen molar-refractivity contribution >= 4 is 5.97 Å². The van der Waals surface area contributed by atoms with Gasteiger partial charge in [-0.1, -0.05) is 0 Å². The van der Waals surface area contributed by atoms with Gasteiger partial charge >= 0.3 is 5.97 Å². The molecule has 1 aliphatic carbocycles. The van der Waals surface area contributed by atoms with Crippen molar-refractivity contribution in [3.63, 3.8) is 0 Å². The van der Waals surface area contributed by atoms with E-state index < -0.39 is 12.0 Å². The molecule has 0 amide bonds. The average molecular weight is 249 g/mol. The van der Waals surface area contributed by atoms with Crippen molar-refractivity contribution in [3.8, 4) is 5.75 Å². The zero-order chi connectivity index (χ0) is 13.3. The number of methoxy groups -OCH3 is 1. The van der Waals surface area contributed by atoms with Gasteiger partial charge in [-0.2, -0.15) is 0 Å². The van der Waals surface area contributed by atoms with Crippen molar-refractivity contribution in [2.75, 3.05) is 7.11 Å². The maximum atomic E-state index is 11.2. The highest BCUT2D eigenvalue weighted by Gasteiger charge is 2.26. The molecule has 0 fully saturated rings.